The molecule has 0 spiro atoms. The van der Waals surface area contributed by atoms with E-state index in [0.717, 1.165) is 18.4 Å². The maximum atomic E-state index is 6.10. The molecule has 0 aromatic carbocycles. The Morgan fingerprint density at radius 2 is 1.44 bits per heavy atom. The Labute approximate surface area is 101 Å². The summed E-state index contributed by atoms with van der Waals surface area (Å²) in [6.45, 7) is 5.40. The molecule has 2 aliphatic carbocycles. The predicted octanol–water partition coefficient (Wildman–Crippen LogP) is 4.55. The van der Waals surface area contributed by atoms with Crippen LogP contribution < -0.4 is 0 Å². The third-order valence-corrected chi connectivity index (χ3v) is 4.63. The first-order valence-corrected chi connectivity index (χ1v) is 7.36. The van der Waals surface area contributed by atoms with Crippen LogP contribution >= 0.6 is 0 Å². The molecule has 94 valence electrons. The Hall–Kier alpha value is -0.0400. The number of ether oxygens (including phenoxy) is 1. The molecule has 0 heterocycles. The van der Waals surface area contributed by atoms with Crippen molar-refractivity contribution in [1.29, 1.82) is 0 Å². The number of hydrogen-bond donors (Lipinski definition) is 0. The molecule has 0 radical (unpaired) electrons. The lowest BCUT2D eigenvalue weighted by molar-refractivity contribution is -0.0643. The van der Waals surface area contributed by atoms with Crippen LogP contribution in [0, 0.1) is 11.8 Å². The van der Waals surface area contributed by atoms with Gasteiger partial charge in [-0.05, 0) is 38.5 Å². The van der Waals surface area contributed by atoms with E-state index in [1.54, 1.807) is 0 Å². The van der Waals surface area contributed by atoms with Crippen LogP contribution in [0.15, 0.2) is 0 Å². The van der Waals surface area contributed by atoms with Gasteiger partial charge >= 0.3 is 0 Å². The van der Waals surface area contributed by atoms with E-state index in [4.69, 9.17) is 4.74 Å². The Balaban J connectivity index is 1.84. The van der Waals surface area contributed by atoms with Gasteiger partial charge < -0.3 is 4.74 Å². The van der Waals surface area contributed by atoms with E-state index < -0.39 is 0 Å². The molecule has 2 aliphatic rings. The molecule has 1 nitrogen and oxygen atoms in total. The largest absolute Gasteiger partial charge is 0.376 e. The van der Waals surface area contributed by atoms with Crippen LogP contribution in [-0.4, -0.2) is 12.2 Å². The van der Waals surface area contributed by atoms with Gasteiger partial charge in [-0.3, -0.25) is 0 Å². The highest BCUT2D eigenvalue weighted by molar-refractivity contribution is 4.86. The second-order valence-electron chi connectivity index (χ2n) is 6.24. The van der Waals surface area contributed by atoms with Crippen molar-refractivity contribution in [1.82, 2.24) is 0 Å². The lowest BCUT2D eigenvalue weighted by Gasteiger charge is -2.38. The molecule has 0 amide bonds. The zero-order valence-corrected chi connectivity index (χ0v) is 11.1. The third-order valence-electron chi connectivity index (χ3n) is 4.63. The molecule has 0 N–H and O–H groups in total. The van der Waals surface area contributed by atoms with Crippen molar-refractivity contribution >= 4 is 0 Å². The fraction of sp³-hybridized carbons (Fsp3) is 1.00. The van der Waals surface area contributed by atoms with Crippen LogP contribution in [0.5, 0.6) is 0 Å². The zero-order chi connectivity index (χ0) is 11.4. The first-order valence-electron chi connectivity index (χ1n) is 7.36. The van der Waals surface area contributed by atoms with Gasteiger partial charge in [0.05, 0.1) is 5.60 Å². The van der Waals surface area contributed by atoms with Crippen molar-refractivity contribution in [3.05, 3.63) is 0 Å². The summed E-state index contributed by atoms with van der Waals surface area (Å²) < 4.78 is 6.10. The summed E-state index contributed by atoms with van der Waals surface area (Å²) in [7, 11) is 0. The van der Waals surface area contributed by atoms with E-state index in [0.29, 0.717) is 0 Å². The van der Waals surface area contributed by atoms with Crippen molar-refractivity contribution in [2.45, 2.75) is 77.2 Å². The SMILES string of the molecule is CCOC(C)(CC1CCCC1)CC1CCC1. The van der Waals surface area contributed by atoms with Gasteiger partial charge in [0.1, 0.15) is 0 Å². The van der Waals surface area contributed by atoms with Gasteiger partial charge in [0.15, 0.2) is 0 Å². The van der Waals surface area contributed by atoms with Crippen molar-refractivity contribution in [3.63, 3.8) is 0 Å². The molecule has 1 unspecified atom stereocenters. The first kappa shape index (κ1) is 12.4. The third kappa shape index (κ3) is 3.23. The predicted molar refractivity (Wildman–Crippen MR) is 68.6 cm³/mol. The molecule has 2 rings (SSSR count). The normalized spacial score (nSPS) is 26.6. The van der Waals surface area contributed by atoms with Gasteiger partial charge in [-0.25, -0.2) is 0 Å². The zero-order valence-electron chi connectivity index (χ0n) is 11.1. The van der Waals surface area contributed by atoms with Gasteiger partial charge in [0.25, 0.3) is 0 Å². The molecule has 1 heteroatoms. The minimum absolute atomic E-state index is 0.189. The topological polar surface area (TPSA) is 9.23 Å². The molecule has 16 heavy (non-hydrogen) atoms. The average Bonchev–Trinajstić information content (AvgIpc) is 2.65. The van der Waals surface area contributed by atoms with Crippen LogP contribution in [0.2, 0.25) is 0 Å². The lowest BCUT2D eigenvalue weighted by Crippen LogP contribution is -2.35. The fourth-order valence-electron chi connectivity index (χ4n) is 3.68. The summed E-state index contributed by atoms with van der Waals surface area (Å²) in [5.41, 5.74) is 0.189. The van der Waals surface area contributed by atoms with E-state index in [2.05, 4.69) is 13.8 Å². The van der Waals surface area contributed by atoms with Gasteiger partial charge in [-0.2, -0.15) is 0 Å². The average molecular weight is 224 g/mol. The molecule has 0 aliphatic heterocycles. The minimum Gasteiger partial charge on any atom is -0.376 e. The highest BCUT2D eigenvalue weighted by Crippen LogP contribution is 2.40. The van der Waals surface area contributed by atoms with E-state index >= 15 is 0 Å². The summed E-state index contributed by atoms with van der Waals surface area (Å²) in [5, 5.41) is 0. The van der Waals surface area contributed by atoms with Crippen molar-refractivity contribution in [2.24, 2.45) is 11.8 Å². The molecular weight excluding hydrogens is 196 g/mol. The van der Waals surface area contributed by atoms with Crippen molar-refractivity contribution < 1.29 is 4.74 Å². The molecule has 0 aromatic rings. The minimum atomic E-state index is 0.189. The Morgan fingerprint density at radius 1 is 0.938 bits per heavy atom. The molecule has 0 saturated heterocycles. The smallest absolute Gasteiger partial charge is 0.0659 e. The number of hydrogen-bond acceptors (Lipinski definition) is 1. The monoisotopic (exact) mass is 224 g/mol. The maximum Gasteiger partial charge on any atom is 0.0659 e. The highest BCUT2D eigenvalue weighted by Gasteiger charge is 2.34. The summed E-state index contributed by atoms with van der Waals surface area (Å²) >= 11 is 0. The fourth-order valence-corrected chi connectivity index (χ4v) is 3.68. The van der Waals surface area contributed by atoms with E-state index in [1.807, 2.05) is 0 Å². The Kier molecular flexibility index (Phi) is 4.29. The standard InChI is InChI=1S/C15H28O/c1-3-16-15(2,12-14-9-6-10-14)11-13-7-4-5-8-13/h13-14H,3-12H2,1-2H3. The van der Waals surface area contributed by atoms with Gasteiger partial charge in [0, 0.05) is 6.61 Å². The molecule has 1 atom stereocenters. The lowest BCUT2D eigenvalue weighted by atomic mass is 9.75. The summed E-state index contributed by atoms with van der Waals surface area (Å²) in [4.78, 5) is 0. The van der Waals surface area contributed by atoms with Gasteiger partial charge in [-0.1, -0.05) is 44.9 Å². The Bertz CT molecular complexity index is 203. The van der Waals surface area contributed by atoms with E-state index in [-0.39, 0.29) is 5.60 Å². The highest BCUT2D eigenvalue weighted by atomic mass is 16.5. The van der Waals surface area contributed by atoms with Crippen LogP contribution in [0.25, 0.3) is 0 Å². The maximum absolute atomic E-state index is 6.10. The van der Waals surface area contributed by atoms with Gasteiger partial charge in [-0.15, -0.1) is 0 Å². The number of rotatable bonds is 6. The second kappa shape index (κ2) is 5.53. The van der Waals surface area contributed by atoms with Crippen molar-refractivity contribution in [3.8, 4) is 0 Å². The molecule has 0 bridgehead atoms. The summed E-state index contributed by atoms with van der Waals surface area (Å²) in [5.74, 6) is 1.93. The van der Waals surface area contributed by atoms with Crippen LogP contribution in [0.1, 0.15) is 71.6 Å². The summed E-state index contributed by atoms with van der Waals surface area (Å²) in [6, 6.07) is 0. The molecule has 2 saturated carbocycles. The van der Waals surface area contributed by atoms with E-state index in [1.165, 1.54) is 57.8 Å². The van der Waals surface area contributed by atoms with Crippen LogP contribution in [0.3, 0.4) is 0 Å². The molecular formula is C15H28O. The van der Waals surface area contributed by atoms with E-state index in [9.17, 15) is 0 Å². The summed E-state index contributed by atoms with van der Waals surface area (Å²) in [6.07, 6.45) is 12.8. The van der Waals surface area contributed by atoms with Crippen molar-refractivity contribution in [2.75, 3.05) is 6.61 Å². The second-order valence-corrected chi connectivity index (χ2v) is 6.24. The first-order chi connectivity index (χ1) is 7.72. The molecule has 0 aromatic heterocycles. The van der Waals surface area contributed by atoms with Crippen LogP contribution in [-0.2, 0) is 4.74 Å². The Morgan fingerprint density at radius 3 is 1.81 bits per heavy atom. The molecule has 2 fully saturated rings. The quantitative estimate of drug-likeness (QED) is 0.643. The van der Waals surface area contributed by atoms with Gasteiger partial charge in [0.2, 0.25) is 0 Å². The van der Waals surface area contributed by atoms with Crippen LogP contribution in [0.4, 0.5) is 0 Å².